The molecule has 0 unspecified atom stereocenters. The molecule has 2 nitrogen and oxygen atoms in total. The first-order valence-corrected chi connectivity index (χ1v) is 6.37. The minimum absolute atomic E-state index is 0.145. The van der Waals surface area contributed by atoms with Crippen molar-refractivity contribution in [2.75, 3.05) is 18.0 Å². The molecule has 0 heterocycles. The summed E-state index contributed by atoms with van der Waals surface area (Å²) in [4.78, 5) is 1.28. The highest BCUT2D eigenvalue weighted by atomic mass is 79.9. The summed E-state index contributed by atoms with van der Waals surface area (Å²) in [6.45, 7) is 1.06. The molecule has 1 N–H and O–H groups in total. The standard InChI is InChI=1S/C12H15BrF3NO/c1-2-5-17(8-12(14,15)16)10-4-3-9(7-18)11(13)6-10/h3-4,6,18H,2,5,7-8H2,1H3. The number of halogens is 4. The van der Waals surface area contributed by atoms with E-state index in [1.807, 2.05) is 6.92 Å². The second-order valence-electron chi connectivity index (χ2n) is 3.97. The Labute approximate surface area is 113 Å². The Balaban J connectivity index is 2.95. The largest absolute Gasteiger partial charge is 0.405 e. The Bertz CT molecular complexity index is 395. The van der Waals surface area contributed by atoms with E-state index < -0.39 is 12.7 Å². The molecule has 0 atom stereocenters. The molecular weight excluding hydrogens is 311 g/mol. The number of hydrogen-bond donors (Lipinski definition) is 1. The van der Waals surface area contributed by atoms with E-state index in [4.69, 9.17) is 5.11 Å². The quantitative estimate of drug-likeness (QED) is 0.891. The molecule has 0 fully saturated rings. The Hall–Kier alpha value is -0.750. The zero-order valence-electron chi connectivity index (χ0n) is 9.97. The molecule has 0 saturated carbocycles. The molecule has 0 aliphatic rings. The van der Waals surface area contributed by atoms with Crippen molar-refractivity contribution in [1.29, 1.82) is 0 Å². The monoisotopic (exact) mass is 325 g/mol. The van der Waals surface area contributed by atoms with Gasteiger partial charge < -0.3 is 10.0 Å². The number of benzene rings is 1. The molecule has 0 aliphatic carbocycles. The zero-order chi connectivity index (χ0) is 13.8. The van der Waals surface area contributed by atoms with Gasteiger partial charge in [-0.25, -0.2) is 0 Å². The van der Waals surface area contributed by atoms with Gasteiger partial charge in [0.05, 0.1) is 6.61 Å². The van der Waals surface area contributed by atoms with Crippen LogP contribution in [0.2, 0.25) is 0 Å². The van der Waals surface area contributed by atoms with Crippen LogP contribution in [-0.4, -0.2) is 24.4 Å². The van der Waals surface area contributed by atoms with Gasteiger partial charge in [0.2, 0.25) is 0 Å². The topological polar surface area (TPSA) is 23.5 Å². The highest BCUT2D eigenvalue weighted by molar-refractivity contribution is 9.10. The average molecular weight is 326 g/mol. The molecule has 0 amide bonds. The maximum Gasteiger partial charge on any atom is 0.405 e. The van der Waals surface area contributed by atoms with E-state index in [0.29, 0.717) is 28.7 Å². The summed E-state index contributed by atoms with van der Waals surface area (Å²) in [5.41, 5.74) is 1.15. The summed E-state index contributed by atoms with van der Waals surface area (Å²) in [6.07, 6.45) is -3.59. The molecule has 0 saturated heterocycles. The maximum absolute atomic E-state index is 12.5. The normalized spacial score (nSPS) is 11.7. The van der Waals surface area contributed by atoms with Gasteiger partial charge in [0.1, 0.15) is 6.54 Å². The molecule has 0 aliphatic heterocycles. The van der Waals surface area contributed by atoms with Crippen LogP contribution in [-0.2, 0) is 6.61 Å². The highest BCUT2D eigenvalue weighted by Gasteiger charge is 2.30. The first-order valence-electron chi connectivity index (χ1n) is 5.58. The van der Waals surface area contributed by atoms with Crippen LogP contribution in [0.15, 0.2) is 22.7 Å². The zero-order valence-corrected chi connectivity index (χ0v) is 11.6. The Morgan fingerprint density at radius 1 is 1.33 bits per heavy atom. The van der Waals surface area contributed by atoms with Crippen LogP contribution < -0.4 is 4.90 Å². The van der Waals surface area contributed by atoms with Gasteiger partial charge in [-0.05, 0) is 24.1 Å². The van der Waals surface area contributed by atoms with Crippen molar-refractivity contribution in [1.82, 2.24) is 0 Å². The fraction of sp³-hybridized carbons (Fsp3) is 0.500. The summed E-state index contributed by atoms with van der Waals surface area (Å²) in [7, 11) is 0. The number of alkyl halides is 3. The minimum Gasteiger partial charge on any atom is -0.392 e. The average Bonchev–Trinajstić information content (AvgIpc) is 2.26. The molecular formula is C12H15BrF3NO. The molecule has 0 aromatic heterocycles. The smallest absolute Gasteiger partial charge is 0.392 e. The van der Waals surface area contributed by atoms with Gasteiger partial charge in [0, 0.05) is 16.7 Å². The lowest BCUT2D eigenvalue weighted by Crippen LogP contribution is -2.34. The second-order valence-corrected chi connectivity index (χ2v) is 4.82. The minimum atomic E-state index is -4.22. The molecule has 0 spiro atoms. The lowest BCUT2D eigenvalue weighted by atomic mass is 10.2. The van der Waals surface area contributed by atoms with Gasteiger partial charge in [-0.2, -0.15) is 13.2 Å². The number of nitrogens with zero attached hydrogens (tertiary/aromatic N) is 1. The number of rotatable bonds is 5. The number of aliphatic hydroxyl groups excluding tert-OH is 1. The number of aliphatic hydroxyl groups is 1. The van der Waals surface area contributed by atoms with E-state index in [9.17, 15) is 13.2 Å². The van der Waals surface area contributed by atoms with Gasteiger partial charge in [-0.1, -0.05) is 28.9 Å². The fourth-order valence-corrected chi connectivity index (χ4v) is 2.14. The molecule has 1 aromatic rings. The third-order valence-corrected chi connectivity index (χ3v) is 3.17. The first kappa shape index (κ1) is 15.3. The van der Waals surface area contributed by atoms with Crippen LogP contribution >= 0.6 is 15.9 Å². The third kappa shape index (κ3) is 4.49. The van der Waals surface area contributed by atoms with E-state index >= 15 is 0 Å². The van der Waals surface area contributed by atoms with Crippen LogP contribution in [0.3, 0.4) is 0 Å². The van der Waals surface area contributed by atoms with Crippen LogP contribution in [0.1, 0.15) is 18.9 Å². The van der Waals surface area contributed by atoms with Crippen molar-refractivity contribution in [3.8, 4) is 0 Å². The number of anilines is 1. The Kier molecular flexibility index (Phi) is 5.47. The number of hydrogen-bond acceptors (Lipinski definition) is 2. The predicted molar refractivity (Wildman–Crippen MR) is 68.6 cm³/mol. The highest BCUT2D eigenvalue weighted by Crippen LogP contribution is 2.27. The summed E-state index contributed by atoms with van der Waals surface area (Å²) < 4.78 is 38.0. The summed E-state index contributed by atoms with van der Waals surface area (Å²) in [5.74, 6) is 0. The van der Waals surface area contributed by atoms with Crippen molar-refractivity contribution in [3.05, 3.63) is 28.2 Å². The molecule has 1 rings (SSSR count). The van der Waals surface area contributed by atoms with Gasteiger partial charge in [0.25, 0.3) is 0 Å². The second kappa shape index (κ2) is 6.43. The van der Waals surface area contributed by atoms with E-state index in [0.717, 1.165) is 0 Å². The lowest BCUT2D eigenvalue weighted by molar-refractivity contribution is -0.119. The SMILES string of the molecule is CCCN(CC(F)(F)F)c1ccc(CO)c(Br)c1. The molecule has 102 valence electrons. The molecule has 6 heteroatoms. The Morgan fingerprint density at radius 2 is 2.00 bits per heavy atom. The van der Waals surface area contributed by atoms with Gasteiger partial charge in [-0.3, -0.25) is 0 Å². The van der Waals surface area contributed by atoms with Crippen LogP contribution in [0.4, 0.5) is 18.9 Å². The van der Waals surface area contributed by atoms with E-state index in [2.05, 4.69) is 15.9 Å². The third-order valence-electron chi connectivity index (χ3n) is 2.44. The van der Waals surface area contributed by atoms with Crippen molar-refractivity contribution in [2.45, 2.75) is 26.1 Å². The van der Waals surface area contributed by atoms with Crippen molar-refractivity contribution in [3.63, 3.8) is 0 Å². The van der Waals surface area contributed by atoms with Gasteiger partial charge in [0.15, 0.2) is 0 Å². The van der Waals surface area contributed by atoms with Crippen LogP contribution in [0.25, 0.3) is 0 Å². The summed E-state index contributed by atoms with van der Waals surface area (Å²) >= 11 is 3.24. The van der Waals surface area contributed by atoms with Crippen LogP contribution in [0.5, 0.6) is 0 Å². The first-order chi connectivity index (χ1) is 8.37. The van der Waals surface area contributed by atoms with E-state index in [1.165, 1.54) is 4.90 Å². The van der Waals surface area contributed by atoms with Crippen molar-refractivity contribution in [2.24, 2.45) is 0 Å². The van der Waals surface area contributed by atoms with Crippen LogP contribution in [0, 0.1) is 0 Å². The molecule has 0 bridgehead atoms. The summed E-state index contributed by atoms with van der Waals surface area (Å²) in [6, 6.07) is 4.82. The molecule has 1 aromatic carbocycles. The van der Waals surface area contributed by atoms with Crippen molar-refractivity contribution >= 4 is 21.6 Å². The summed E-state index contributed by atoms with van der Waals surface area (Å²) in [5, 5.41) is 9.01. The van der Waals surface area contributed by atoms with E-state index in [1.54, 1.807) is 18.2 Å². The van der Waals surface area contributed by atoms with Gasteiger partial charge >= 0.3 is 6.18 Å². The molecule has 0 radical (unpaired) electrons. The van der Waals surface area contributed by atoms with E-state index in [-0.39, 0.29) is 6.61 Å². The fourth-order valence-electron chi connectivity index (χ4n) is 1.65. The van der Waals surface area contributed by atoms with Gasteiger partial charge in [-0.15, -0.1) is 0 Å². The predicted octanol–water partition coefficient (Wildman–Crippen LogP) is 3.72. The lowest BCUT2D eigenvalue weighted by Gasteiger charge is -2.26. The maximum atomic E-state index is 12.5. The molecule has 18 heavy (non-hydrogen) atoms. The Morgan fingerprint density at radius 3 is 2.44 bits per heavy atom. The van der Waals surface area contributed by atoms with Crippen molar-refractivity contribution < 1.29 is 18.3 Å².